The Bertz CT molecular complexity index is 1190. The number of hydrogen-bond acceptors (Lipinski definition) is 3. The summed E-state index contributed by atoms with van der Waals surface area (Å²) < 4.78 is 6.95. The van der Waals surface area contributed by atoms with Crippen molar-refractivity contribution >= 4 is 39.3 Å². The summed E-state index contributed by atoms with van der Waals surface area (Å²) in [6.07, 6.45) is 0.383. The second-order valence-electron chi connectivity index (χ2n) is 9.66. The number of ether oxygens (including phenoxy) is 1. The maximum absolute atomic E-state index is 13.7. The Labute approximate surface area is 233 Å². The Morgan fingerprint density at radius 1 is 0.973 bits per heavy atom. The zero-order valence-electron chi connectivity index (χ0n) is 21.8. The first-order valence-corrected chi connectivity index (χ1v) is 13.6. The van der Waals surface area contributed by atoms with Crippen LogP contribution in [0.25, 0.3) is 0 Å². The molecule has 0 radical (unpaired) electrons. The Morgan fingerprint density at radius 3 is 2.24 bits per heavy atom. The number of carbonyl (C=O) groups is 2. The van der Waals surface area contributed by atoms with E-state index in [2.05, 4.69) is 21.2 Å². The molecule has 0 saturated heterocycles. The van der Waals surface area contributed by atoms with Crippen molar-refractivity contribution in [3.8, 4) is 5.75 Å². The summed E-state index contributed by atoms with van der Waals surface area (Å²) in [7, 11) is 0. The van der Waals surface area contributed by atoms with Gasteiger partial charge in [-0.15, -0.1) is 0 Å². The van der Waals surface area contributed by atoms with Crippen LogP contribution < -0.4 is 10.1 Å². The van der Waals surface area contributed by atoms with Gasteiger partial charge < -0.3 is 15.0 Å². The Hall–Kier alpha value is -2.83. The van der Waals surface area contributed by atoms with Crippen LogP contribution in [-0.4, -0.2) is 35.9 Å². The van der Waals surface area contributed by atoms with Crippen LogP contribution in [0.2, 0.25) is 5.02 Å². The Kier molecular flexibility index (Phi) is 10.6. The Balaban J connectivity index is 1.91. The van der Waals surface area contributed by atoms with E-state index in [0.717, 1.165) is 26.7 Å². The van der Waals surface area contributed by atoms with E-state index in [1.54, 1.807) is 11.0 Å². The molecule has 2 amide bonds. The third-order valence-corrected chi connectivity index (χ3v) is 7.46. The summed E-state index contributed by atoms with van der Waals surface area (Å²) in [5.74, 6) is 0.422. The molecule has 7 heteroatoms. The maximum atomic E-state index is 13.7. The second-order valence-corrected chi connectivity index (χ2v) is 10.9. The Morgan fingerprint density at radius 2 is 1.62 bits per heavy atom. The number of aryl methyl sites for hydroxylation is 2. The lowest BCUT2D eigenvalue weighted by atomic mass is 10.0. The minimum Gasteiger partial charge on any atom is -0.484 e. The lowest BCUT2D eigenvalue weighted by molar-refractivity contribution is -0.142. The van der Waals surface area contributed by atoms with Gasteiger partial charge in [0.1, 0.15) is 11.8 Å². The fourth-order valence-corrected chi connectivity index (χ4v) is 4.47. The monoisotopic (exact) mass is 584 g/mol. The molecule has 1 N–H and O–H groups in total. The van der Waals surface area contributed by atoms with E-state index in [-0.39, 0.29) is 30.9 Å². The van der Waals surface area contributed by atoms with Gasteiger partial charge >= 0.3 is 0 Å². The minimum atomic E-state index is -0.718. The van der Waals surface area contributed by atoms with Crippen LogP contribution in [0.1, 0.15) is 36.1 Å². The molecule has 0 heterocycles. The average Bonchev–Trinajstić information content (AvgIpc) is 2.87. The molecule has 0 unspecified atom stereocenters. The second kappa shape index (κ2) is 13.6. The number of rotatable bonds is 11. The van der Waals surface area contributed by atoms with Crippen molar-refractivity contribution in [2.45, 2.75) is 46.7 Å². The van der Waals surface area contributed by atoms with Crippen LogP contribution >= 0.6 is 27.5 Å². The van der Waals surface area contributed by atoms with E-state index in [1.807, 2.05) is 88.4 Å². The zero-order chi connectivity index (χ0) is 26.9. The highest BCUT2D eigenvalue weighted by Crippen LogP contribution is 2.26. The normalized spacial score (nSPS) is 11.8. The van der Waals surface area contributed by atoms with Crippen LogP contribution in [0.4, 0.5) is 0 Å². The van der Waals surface area contributed by atoms with Gasteiger partial charge in [0.25, 0.3) is 5.91 Å². The average molecular weight is 586 g/mol. The molecule has 1 atom stereocenters. The topological polar surface area (TPSA) is 58.6 Å². The van der Waals surface area contributed by atoms with Crippen molar-refractivity contribution in [1.82, 2.24) is 10.2 Å². The first kappa shape index (κ1) is 28.7. The minimum absolute atomic E-state index is 0.191. The summed E-state index contributed by atoms with van der Waals surface area (Å²) in [6.45, 7) is 8.60. The summed E-state index contributed by atoms with van der Waals surface area (Å²) in [6, 6.07) is 20.1. The summed E-state index contributed by atoms with van der Waals surface area (Å²) in [4.78, 5) is 28.8. The van der Waals surface area contributed by atoms with Crippen molar-refractivity contribution < 1.29 is 14.3 Å². The molecule has 3 rings (SSSR count). The van der Waals surface area contributed by atoms with E-state index in [0.29, 0.717) is 23.7 Å². The molecule has 0 aliphatic heterocycles. The van der Waals surface area contributed by atoms with E-state index in [1.165, 1.54) is 0 Å². The van der Waals surface area contributed by atoms with Gasteiger partial charge in [-0.2, -0.15) is 0 Å². The largest absolute Gasteiger partial charge is 0.484 e. The highest BCUT2D eigenvalue weighted by atomic mass is 79.9. The van der Waals surface area contributed by atoms with Crippen molar-refractivity contribution in [3.63, 3.8) is 0 Å². The highest BCUT2D eigenvalue weighted by molar-refractivity contribution is 9.10. The van der Waals surface area contributed by atoms with Gasteiger partial charge in [-0.25, -0.2) is 0 Å². The quantitative estimate of drug-likeness (QED) is 0.279. The summed E-state index contributed by atoms with van der Waals surface area (Å²) >= 11 is 9.80. The van der Waals surface area contributed by atoms with Gasteiger partial charge in [-0.05, 0) is 66.3 Å². The van der Waals surface area contributed by atoms with Gasteiger partial charge in [0.2, 0.25) is 5.91 Å². The molecule has 3 aromatic rings. The molecule has 0 spiro atoms. The first-order chi connectivity index (χ1) is 17.6. The van der Waals surface area contributed by atoms with Gasteiger partial charge in [0.05, 0.1) is 0 Å². The number of nitrogens with one attached hydrogen (secondary N) is 1. The molecule has 0 bridgehead atoms. The van der Waals surface area contributed by atoms with E-state index < -0.39 is 6.04 Å². The molecule has 0 aliphatic rings. The maximum Gasteiger partial charge on any atom is 0.261 e. The van der Waals surface area contributed by atoms with E-state index in [4.69, 9.17) is 16.3 Å². The predicted octanol–water partition coefficient (Wildman–Crippen LogP) is 6.51. The number of nitrogens with zero attached hydrogens (tertiary/aromatic N) is 1. The van der Waals surface area contributed by atoms with Crippen LogP contribution in [0.3, 0.4) is 0 Å². The molecule has 3 aromatic carbocycles. The van der Waals surface area contributed by atoms with Crippen molar-refractivity contribution in [1.29, 1.82) is 0 Å². The fraction of sp³-hybridized carbons (Fsp3) is 0.333. The molecule has 0 aliphatic carbocycles. The number of amides is 2. The van der Waals surface area contributed by atoms with E-state index >= 15 is 0 Å². The van der Waals surface area contributed by atoms with Crippen molar-refractivity contribution in [2.24, 2.45) is 5.92 Å². The summed E-state index contributed by atoms with van der Waals surface area (Å²) in [5.41, 5.74) is 3.85. The van der Waals surface area contributed by atoms with Crippen molar-refractivity contribution in [3.05, 3.63) is 98.5 Å². The number of hydrogen-bond donors (Lipinski definition) is 1. The van der Waals surface area contributed by atoms with Crippen LogP contribution in [-0.2, 0) is 22.6 Å². The highest BCUT2D eigenvalue weighted by Gasteiger charge is 2.31. The number of benzene rings is 3. The van der Waals surface area contributed by atoms with Crippen LogP contribution in [0.15, 0.2) is 71.2 Å². The molecular weight excluding hydrogens is 552 g/mol. The van der Waals surface area contributed by atoms with Gasteiger partial charge in [-0.1, -0.05) is 83.8 Å². The van der Waals surface area contributed by atoms with Gasteiger partial charge in [0, 0.05) is 29.0 Å². The molecule has 196 valence electrons. The third-order valence-electron chi connectivity index (χ3n) is 5.97. The number of halogens is 2. The molecule has 5 nitrogen and oxygen atoms in total. The molecule has 0 fully saturated rings. The molecule has 37 heavy (non-hydrogen) atoms. The van der Waals surface area contributed by atoms with Gasteiger partial charge in [-0.3, -0.25) is 9.59 Å². The van der Waals surface area contributed by atoms with Crippen LogP contribution in [0.5, 0.6) is 5.75 Å². The lowest BCUT2D eigenvalue weighted by Crippen LogP contribution is -2.52. The predicted molar refractivity (Wildman–Crippen MR) is 153 cm³/mol. The SMILES string of the molecule is Cc1cc(OCC(=O)N(Cc2cccc(Cl)c2)[C@H](Cc2ccccc2)C(=O)NCC(C)C)cc(C)c1Br. The smallest absolute Gasteiger partial charge is 0.261 e. The fourth-order valence-electron chi connectivity index (χ4n) is 4.03. The number of carbonyl (C=O) groups excluding carboxylic acids is 2. The van der Waals surface area contributed by atoms with Crippen LogP contribution in [0, 0.1) is 19.8 Å². The first-order valence-electron chi connectivity index (χ1n) is 12.4. The third kappa shape index (κ3) is 8.61. The molecule has 0 aromatic heterocycles. The zero-order valence-corrected chi connectivity index (χ0v) is 24.1. The van der Waals surface area contributed by atoms with Gasteiger partial charge in [0.15, 0.2) is 6.61 Å². The molecular formula is C30H34BrClN2O3. The van der Waals surface area contributed by atoms with E-state index in [9.17, 15) is 9.59 Å². The lowest BCUT2D eigenvalue weighted by Gasteiger charge is -2.31. The van der Waals surface area contributed by atoms with Crippen molar-refractivity contribution in [2.75, 3.05) is 13.2 Å². The standard InChI is InChI=1S/C30H34BrClN2O3/c1-20(2)17-33-30(36)27(16-23-9-6-5-7-10-23)34(18-24-11-8-12-25(32)15-24)28(35)19-37-26-13-21(3)29(31)22(4)14-26/h5-15,20,27H,16-19H2,1-4H3,(H,33,36)/t27-/m1/s1. The molecule has 0 saturated carbocycles. The summed E-state index contributed by atoms with van der Waals surface area (Å²) in [5, 5.41) is 3.60.